The summed E-state index contributed by atoms with van der Waals surface area (Å²) in [4.78, 5) is 11.3. The largest absolute Gasteiger partial charge is 1.00 e. The quantitative estimate of drug-likeness (QED) is 0.648. The van der Waals surface area contributed by atoms with Crippen molar-refractivity contribution in [3.8, 4) is 6.07 Å². The van der Waals surface area contributed by atoms with Crippen molar-refractivity contribution in [2.24, 2.45) is 0 Å². The van der Waals surface area contributed by atoms with Crippen LogP contribution in [0.25, 0.3) is 0 Å². The van der Waals surface area contributed by atoms with Gasteiger partial charge in [-0.1, -0.05) is 0 Å². The van der Waals surface area contributed by atoms with Crippen molar-refractivity contribution in [2.45, 2.75) is 6.44 Å². The Balaban J connectivity index is 0.00000225. The third-order valence-corrected chi connectivity index (χ3v) is 2.01. The Labute approximate surface area is 140 Å². The zero-order chi connectivity index (χ0) is 11.6. The average molecular weight is 319 g/mol. The molecule has 0 amide bonds. The van der Waals surface area contributed by atoms with Crippen LogP contribution in [0, 0.1) is 11.3 Å². The van der Waals surface area contributed by atoms with Crippen LogP contribution in [0.3, 0.4) is 0 Å². The van der Waals surface area contributed by atoms with Crippen LogP contribution in [-0.4, -0.2) is 11.5 Å². The zero-order valence-electron chi connectivity index (χ0n) is 8.25. The smallest absolute Gasteiger partial charge is 0.448 e. The third-order valence-electron chi connectivity index (χ3n) is 1.58. The van der Waals surface area contributed by atoms with E-state index >= 15 is 0 Å². The number of nitrogens with zero attached hydrogens (tertiary/aromatic N) is 2. The molecule has 0 spiro atoms. The van der Waals surface area contributed by atoms with Gasteiger partial charge in [0.25, 0.3) is 5.56 Å². The summed E-state index contributed by atoms with van der Waals surface area (Å²) in [5, 5.41) is 8.51. The molecule has 0 aliphatic carbocycles. The van der Waals surface area contributed by atoms with E-state index in [-0.39, 0.29) is 61.4 Å². The topological polar surface area (TPSA) is 45.8 Å². The Morgan fingerprint density at radius 1 is 1.50 bits per heavy atom. The molecule has 0 atom stereocenters. The van der Waals surface area contributed by atoms with Gasteiger partial charge in [-0.2, -0.15) is 5.26 Å². The van der Waals surface area contributed by atoms with Crippen LogP contribution in [0.2, 0.25) is 0 Å². The monoisotopic (exact) mass is 318 g/mol. The molecule has 0 radical (unpaired) electrons. The van der Waals surface area contributed by atoms with Crippen LogP contribution in [0.15, 0.2) is 21.5 Å². The van der Waals surface area contributed by atoms with E-state index < -0.39 is 19.0 Å². The molecule has 0 saturated carbocycles. The second kappa shape index (κ2) is 6.37. The molecule has 0 saturated heterocycles. The fraction of sp³-hybridized carbons (Fsp3) is 0.143. The van der Waals surface area contributed by atoms with Gasteiger partial charge in [0, 0.05) is 10.7 Å². The van der Waals surface area contributed by atoms with E-state index in [1.165, 1.54) is 12.1 Å². The van der Waals surface area contributed by atoms with Gasteiger partial charge in [-0.05, 0) is 28.4 Å². The summed E-state index contributed by atoms with van der Waals surface area (Å²) in [7, 11) is 0. The molecule has 0 bridgehead atoms. The summed E-state index contributed by atoms with van der Waals surface area (Å²) in [5.74, 6) is 0. The van der Waals surface area contributed by atoms with E-state index in [1.807, 2.05) is 0 Å². The van der Waals surface area contributed by atoms with E-state index in [0.29, 0.717) is 4.57 Å². The number of halogens is 4. The van der Waals surface area contributed by atoms with Crippen LogP contribution >= 0.6 is 15.9 Å². The van der Waals surface area contributed by atoms with Crippen LogP contribution in [0.4, 0.5) is 12.9 Å². The molecule has 0 unspecified atom stereocenters. The van der Waals surface area contributed by atoms with Crippen molar-refractivity contribution >= 4 is 22.9 Å². The Bertz CT molecular complexity index is 482. The molecule has 1 aromatic heterocycles. The predicted molar refractivity (Wildman–Crippen MR) is 52.2 cm³/mol. The van der Waals surface area contributed by atoms with Gasteiger partial charge in [0.1, 0.15) is 11.6 Å². The SMILES string of the molecule is N#Cc1cc(Br)cn(C[B-](F)(F)F)c1=O.[K+]. The number of aromatic nitrogens is 1. The van der Waals surface area contributed by atoms with Gasteiger partial charge < -0.3 is 17.5 Å². The molecule has 1 rings (SSSR count). The van der Waals surface area contributed by atoms with Crippen molar-refractivity contribution in [1.29, 1.82) is 5.26 Å². The Kier molecular flexibility index (Phi) is 6.54. The second-order valence-electron chi connectivity index (χ2n) is 2.85. The normalized spacial score (nSPS) is 10.4. The summed E-state index contributed by atoms with van der Waals surface area (Å²) in [6.45, 7) is -5.10. The van der Waals surface area contributed by atoms with E-state index in [1.54, 1.807) is 0 Å². The predicted octanol–water partition coefficient (Wildman–Crippen LogP) is -1.13. The number of pyridine rings is 1. The van der Waals surface area contributed by atoms with Crippen molar-refractivity contribution in [2.75, 3.05) is 0 Å². The van der Waals surface area contributed by atoms with Gasteiger partial charge in [-0.25, -0.2) is 0 Å². The summed E-state index contributed by atoms with van der Waals surface area (Å²) >= 11 is 2.92. The first-order valence-corrected chi connectivity index (χ1v) is 4.64. The molecule has 16 heavy (non-hydrogen) atoms. The number of rotatable bonds is 2. The van der Waals surface area contributed by atoms with E-state index in [4.69, 9.17) is 5.26 Å². The van der Waals surface area contributed by atoms with Crippen LogP contribution < -0.4 is 56.9 Å². The van der Waals surface area contributed by atoms with Gasteiger partial charge in [0.15, 0.2) is 0 Å². The molecule has 0 aromatic carbocycles. The fourth-order valence-electron chi connectivity index (χ4n) is 1.04. The first-order valence-electron chi connectivity index (χ1n) is 3.84. The summed E-state index contributed by atoms with van der Waals surface area (Å²) in [6, 6.07) is 2.72. The minimum absolute atomic E-state index is 0. The van der Waals surface area contributed by atoms with Crippen molar-refractivity contribution in [1.82, 2.24) is 4.57 Å². The molecule has 0 N–H and O–H groups in total. The van der Waals surface area contributed by atoms with E-state index in [9.17, 15) is 17.7 Å². The van der Waals surface area contributed by atoms with Gasteiger partial charge in [0.05, 0.1) is 0 Å². The fourth-order valence-corrected chi connectivity index (χ4v) is 1.51. The Hall–Kier alpha value is 0.411. The maximum absolute atomic E-state index is 12.1. The Morgan fingerprint density at radius 2 is 2.06 bits per heavy atom. The third kappa shape index (κ3) is 4.73. The zero-order valence-corrected chi connectivity index (χ0v) is 13.0. The number of hydrogen-bond acceptors (Lipinski definition) is 2. The summed E-state index contributed by atoms with van der Waals surface area (Å²) in [6.07, 6.45) is -0.328. The van der Waals surface area contributed by atoms with Crippen molar-refractivity contribution in [3.63, 3.8) is 0 Å². The molecule has 0 fully saturated rings. The molecule has 1 heterocycles. The molecule has 3 nitrogen and oxygen atoms in total. The molecular weight excluding hydrogens is 315 g/mol. The summed E-state index contributed by atoms with van der Waals surface area (Å²) < 4.78 is 37.0. The first-order chi connectivity index (χ1) is 6.83. The minimum Gasteiger partial charge on any atom is -0.448 e. The van der Waals surface area contributed by atoms with Gasteiger partial charge in [-0.3, -0.25) is 4.79 Å². The Morgan fingerprint density at radius 3 is 2.50 bits per heavy atom. The van der Waals surface area contributed by atoms with E-state index in [2.05, 4.69) is 15.9 Å². The van der Waals surface area contributed by atoms with Crippen molar-refractivity contribution < 1.29 is 64.3 Å². The molecule has 1 aromatic rings. The van der Waals surface area contributed by atoms with Gasteiger partial charge >= 0.3 is 58.4 Å². The maximum Gasteiger partial charge on any atom is 1.00 e. The van der Waals surface area contributed by atoms with Crippen molar-refractivity contribution in [3.05, 3.63) is 32.7 Å². The van der Waals surface area contributed by atoms with Crippen LogP contribution in [0.1, 0.15) is 5.56 Å². The molecule has 0 aliphatic heterocycles. The second-order valence-corrected chi connectivity index (χ2v) is 3.77. The van der Waals surface area contributed by atoms with Gasteiger partial charge in [-0.15, -0.1) is 0 Å². The number of nitriles is 1. The molecular formula is C7H4BBrF3KN2O. The van der Waals surface area contributed by atoms with Crippen LogP contribution in [-0.2, 0) is 6.44 Å². The van der Waals surface area contributed by atoms with Gasteiger partial charge in [0.2, 0.25) is 0 Å². The van der Waals surface area contributed by atoms with E-state index in [0.717, 1.165) is 6.20 Å². The molecule has 9 heteroatoms. The number of hydrogen-bond donors (Lipinski definition) is 0. The average Bonchev–Trinajstić information content (AvgIpc) is 2.08. The minimum atomic E-state index is -5.10. The summed E-state index contributed by atoms with van der Waals surface area (Å²) in [5.41, 5.74) is -1.25. The molecule has 80 valence electrons. The van der Waals surface area contributed by atoms with Crippen LogP contribution in [0.5, 0.6) is 0 Å². The maximum atomic E-state index is 12.1. The molecule has 0 aliphatic rings. The first kappa shape index (κ1) is 16.4. The standard InChI is InChI=1S/C7H4BBrF3N2O.K/c9-6-1-5(2-13)7(15)14(3-6)4-8(10,11)12;/h1,3H,4H2;/q-1;+1.